The molecule has 2 aromatic carbocycles. The summed E-state index contributed by atoms with van der Waals surface area (Å²) in [6.45, 7) is 5.32. The molecule has 33 heavy (non-hydrogen) atoms. The number of hydrogen-bond acceptors (Lipinski definition) is 4. The van der Waals surface area contributed by atoms with Gasteiger partial charge in [-0.25, -0.2) is 8.42 Å². The first kappa shape index (κ1) is 26.7. The zero-order valence-corrected chi connectivity index (χ0v) is 21.1. The lowest BCUT2D eigenvalue weighted by Crippen LogP contribution is -2.53. The highest BCUT2D eigenvalue weighted by Crippen LogP contribution is 2.22. The third-order valence-corrected chi connectivity index (χ3v) is 6.92. The van der Waals surface area contributed by atoms with Crippen molar-refractivity contribution in [2.45, 2.75) is 52.2 Å². The van der Waals surface area contributed by atoms with Crippen molar-refractivity contribution < 1.29 is 18.0 Å². The number of hydrogen-bond donors (Lipinski definition) is 1. The number of benzene rings is 2. The first-order valence-electron chi connectivity index (χ1n) is 10.9. The molecule has 0 aliphatic rings. The van der Waals surface area contributed by atoms with Crippen LogP contribution in [0.1, 0.15) is 39.2 Å². The smallest absolute Gasteiger partial charge is 0.244 e. The lowest BCUT2D eigenvalue weighted by molar-refractivity contribution is -0.140. The standard InChI is InChI=1S/C24H32ClN3O4S/c1-5-18(3)26-24(30)22(6-2)27(16-19-12-10-11-15-21(19)25)23(29)17-28(33(4,31)32)20-13-8-7-9-14-20/h7-15,18,22H,5-6,16-17H2,1-4H3,(H,26,30)/t18-,22+/m1/s1. The van der Waals surface area contributed by atoms with Crippen LogP contribution in [-0.2, 0) is 26.2 Å². The van der Waals surface area contributed by atoms with Gasteiger partial charge in [0.25, 0.3) is 0 Å². The van der Waals surface area contributed by atoms with E-state index in [-0.39, 0.29) is 18.5 Å². The quantitative estimate of drug-likeness (QED) is 0.515. The molecular weight excluding hydrogens is 462 g/mol. The molecule has 2 atom stereocenters. The molecule has 0 spiro atoms. The number of halogens is 1. The van der Waals surface area contributed by atoms with Crippen molar-refractivity contribution in [1.29, 1.82) is 0 Å². The summed E-state index contributed by atoms with van der Waals surface area (Å²) in [5.74, 6) is -0.770. The van der Waals surface area contributed by atoms with Gasteiger partial charge in [-0.15, -0.1) is 0 Å². The van der Waals surface area contributed by atoms with Crippen LogP contribution in [0.4, 0.5) is 5.69 Å². The molecule has 2 amide bonds. The van der Waals surface area contributed by atoms with Crippen LogP contribution in [-0.4, -0.2) is 50.0 Å². The Morgan fingerprint density at radius 2 is 1.61 bits per heavy atom. The third kappa shape index (κ3) is 7.47. The second-order valence-electron chi connectivity index (χ2n) is 7.96. The first-order chi connectivity index (χ1) is 15.6. The van der Waals surface area contributed by atoms with Crippen molar-refractivity contribution in [2.75, 3.05) is 17.1 Å². The molecule has 1 N–H and O–H groups in total. The molecule has 0 heterocycles. The number of rotatable bonds is 11. The molecule has 0 saturated heterocycles. The molecule has 180 valence electrons. The minimum absolute atomic E-state index is 0.0550. The minimum atomic E-state index is -3.74. The molecule has 0 bridgehead atoms. The maximum atomic E-state index is 13.5. The van der Waals surface area contributed by atoms with Gasteiger partial charge in [0.15, 0.2) is 0 Å². The van der Waals surface area contributed by atoms with Crippen LogP contribution in [0.25, 0.3) is 0 Å². The van der Waals surface area contributed by atoms with Gasteiger partial charge in [-0.2, -0.15) is 0 Å². The summed E-state index contributed by atoms with van der Waals surface area (Å²) in [4.78, 5) is 28.0. The van der Waals surface area contributed by atoms with E-state index in [0.29, 0.717) is 22.7 Å². The zero-order valence-electron chi connectivity index (χ0n) is 19.5. The number of para-hydroxylation sites is 1. The normalized spacial score (nSPS) is 13.1. The van der Waals surface area contributed by atoms with E-state index in [1.165, 1.54) is 4.90 Å². The molecule has 2 rings (SSSR count). The molecule has 9 heteroatoms. The fourth-order valence-electron chi connectivity index (χ4n) is 3.38. The van der Waals surface area contributed by atoms with E-state index in [0.717, 1.165) is 17.0 Å². The van der Waals surface area contributed by atoms with E-state index in [2.05, 4.69) is 5.32 Å². The summed E-state index contributed by atoms with van der Waals surface area (Å²) in [6, 6.07) is 14.7. The van der Waals surface area contributed by atoms with Crippen LogP contribution in [0.2, 0.25) is 5.02 Å². The predicted octanol–water partition coefficient (Wildman–Crippen LogP) is 3.83. The van der Waals surface area contributed by atoms with Gasteiger partial charge in [0.05, 0.1) is 11.9 Å². The van der Waals surface area contributed by atoms with Gasteiger partial charge < -0.3 is 10.2 Å². The summed E-state index contributed by atoms with van der Waals surface area (Å²) in [7, 11) is -3.74. The number of amides is 2. The molecule has 0 fully saturated rings. The van der Waals surface area contributed by atoms with E-state index in [4.69, 9.17) is 11.6 Å². The Bertz CT molecular complexity index is 1050. The van der Waals surface area contributed by atoms with E-state index < -0.39 is 28.5 Å². The van der Waals surface area contributed by atoms with Crippen LogP contribution in [0.3, 0.4) is 0 Å². The minimum Gasteiger partial charge on any atom is -0.352 e. The van der Waals surface area contributed by atoms with Crippen molar-refractivity contribution >= 4 is 39.1 Å². The molecule has 0 aromatic heterocycles. The highest BCUT2D eigenvalue weighted by Gasteiger charge is 2.32. The van der Waals surface area contributed by atoms with Gasteiger partial charge in [-0.3, -0.25) is 13.9 Å². The van der Waals surface area contributed by atoms with Gasteiger partial charge in [0, 0.05) is 17.6 Å². The SMILES string of the molecule is CC[C@@H](C)NC(=O)[C@H](CC)N(Cc1ccccc1Cl)C(=O)CN(c1ccccc1)S(C)(=O)=O. The first-order valence-corrected chi connectivity index (χ1v) is 13.2. The average Bonchev–Trinajstić information content (AvgIpc) is 2.78. The number of nitrogens with one attached hydrogen (secondary N) is 1. The maximum absolute atomic E-state index is 13.5. The predicted molar refractivity (Wildman–Crippen MR) is 133 cm³/mol. The number of carbonyl (C=O) groups is 2. The van der Waals surface area contributed by atoms with E-state index in [1.54, 1.807) is 54.6 Å². The van der Waals surface area contributed by atoms with Crippen LogP contribution in [0.5, 0.6) is 0 Å². The Morgan fingerprint density at radius 3 is 2.15 bits per heavy atom. The van der Waals surface area contributed by atoms with Crippen molar-refractivity contribution in [3.8, 4) is 0 Å². The summed E-state index contributed by atoms with van der Waals surface area (Å²) >= 11 is 6.34. The van der Waals surface area contributed by atoms with Crippen molar-refractivity contribution in [2.24, 2.45) is 0 Å². The number of nitrogens with zero attached hydrogens (tertiary/aromatic N) is 2. The van der Waals surface area contributed by atoms with E-state index in [1.807, 2.05) is 20.8 Å². The van der Waals surface area contributed by atoms with Crippen LogP contribution in [0, 0.1) is 0 Å². The van der Waals surface area contributed by atoms with Gasteiger partial charge >= 0.3 is 0 Å². The van der Waals surface area contributed by atoms with Gasteiger partial charge in [0.2, 0.25) is 21.8 Å². The third-order valence-electron chi connectivity index (χ3n) is 5.41. The summed E-state index contributed by atoms with van der Waals surface area (Å²) in [6.07, 6.45) is 2.16. The molecule has 0 aliphatic carbocycles. The Balaban J connectivity index is 2.43. The number of sulfonamides is 1. The Kier molecular flexibility index (Phi) is 9.73. The topological polar surface area (TPSA) is 86.8 Å². The monoisotopic (exact) mass is 493 g/mol. The Hall–Kier alpha value is -2.58. The highest BCUT2D eigenvalue weighted by atomic mass is 35.5. The summed E-state index contributed by atoms with van der Waals surface area (Å²) in [5.41, 5.74) is 1.05. The lowest BCUT2D eigenvalue weighted by Gasteiger charge is -2.33. The van der Waals surface area contributed by atoms with Crippen molar-refractivity contribution in [1.82, 2.24) is 10.2 Å². The largest absolute Gasteiger partial charge is 0.352 e. The average molecular weight is 494 g/mol. The Labute approximate surface area is 201 Å². The molecule has 0 radical (unpaired) electrons. The van der Waals surface area contributed by atoms with Crippen LogP contribution in [0.15, 0.2) is 54.6 Å². The number of anilines is 1. The molecule has 7 nitrogen and oxygen atoms in total. The summed E-state index contributed by atoms with van der Waals surface area (Å²) in [5, 5.41) is 3.40. The zero-order chi connectivity index (χ0) is 24.6. The second-order valence-corrected chi connectivity index (χ2v) is 10.3. The van der Waals surface area contributed by atoms with Gasteiger partial charge in [-0.1, -0.05) is 61.8 Å². The fourth-order valence-corrected chi connectivity index (χ4v) is 4.42. The van der Waals surface area contributed by atoms with E-state index in [9.17, 15) is 18.0 Å². The van der Waals surface area contributed by atoms with Crippen molar-refractivity contribution in [3.05, 3.63) is 65.2 Å². The highest BCUT2D eigenvalue weighted by molar-refractivity contribution is 7.92. The van der Waals surface area contributed by atoms with Gasteiger partial charge in [0.1, 0.15) is 12.6 Å². The summed E-state index contributed by atoms with van der Waals surface area (Å²) < 4.78 is 26.1. The van der Waals surface area contributed by atoms with Crippen LogP contribution >= 0.6 is 11.6 Å². The molecule has 2 aromatic rings. The van der Waals surface area contributed by atoms with Gasteiger partial charge in [-0.05, 0) is 43.5 Å². The molecular formula is C24H32ClN3O4S. The number of carbonyl (C=O) groups excluding carboxylic acids is 2. The fraction of sp³-hybridized carbons (Fsp3) is 0.417. The van der Waals surface area contributed by atoms with Crippen LogP contribution < -0.4 is 9.62 Å². The lowest BCUT2D eigenvalue weighted by atomic mass is 10.1. The van der Waals surface area contributed by atoms with Crippen molar-refractivity contribution in [3.63, 3.8) is 0 Å². The molecule has 0 aliphatic heterocycles. The second kappa shape index (κ2) is 12.0. The maximum Gasteiger partial charge on any atom is 0.244 e. The Morgan fingerprint density at radius 1 is 1.00 bits per heavy atom. The molecule has 0 unspecified atom stereocenters. The molecule has 0 saturated carbocycles. The van der Waals surface area contributed by atoms with E-state index >= 15 is 0 Å².